The minimum absolute atomic E-state index is 0.760. The first kappa shape index (κ1) is 9.77. The van der Waals surface area contributed by atoms with Crippen molar-refractivity contribution in [2.75, 3.05) is 5.73 Å². The molecule has 2 rings (SSSR count). The van der Waals surface area contributed by atoms with Gasteiger partial charge < -0.3 is 10.3 Å². The Bertz CT molecular complexity index is 481. The van der Waals surface area contributed by atoms with E-state index in [2.05, 4.69) is 12.1 Å². The summed E-state index contributed by atoms with van der Waals surface area (Å²) in [5.41, 5.74) is 10.8. The third-order valence-electron chi connectivity index (χ3n) is 2.56. The van der Waals surface area contributed by atoms with E-state index in [9.17, 15) is 0 Å². The van der Waals surface area contributed by atoms with Gasteiger partial charge in [0.25, 0.3) is 0 Å². The summed E-state index contributed by atoms with van der Waals surface area (Å²) in [7, 11) is 0. The van der Waals surface area contributed by atoms with Gasteiger partial charge in [-0.05, 0) is 44.0 Å². The lowest BCUT2D eigenvalue weighted by atomic mass is 9.99. The van der Waals surface area contributed by atoms with Crippen LogP contribution in [0.5, 0.6) is 0 Å². The maximum absolute atomic E-state index is 5.78. The summed E-state index contributed by atoms with van der Waals surface area (Å²) in [4.78, 5) is 0. The van der Waals surface area contributed by atoms with Crippen LogP contribution in [-0.4, -0.2) is 5.16 Å². The molecule has 15 heavy (non-hydrogen) atoms. The summed E-state index contributed by atoms with van der Waals surface area (Å²) in [5, 5.41) is 3.95. The molecule has 0 unspecified atom stereocenters. The number of aromatic nitrogens is 1. The summed E-state index contributed by atoms with van der Waals surface area (Å²) in [5.74, 6) is 0.834. The fourth-order valence-electron chi connectivity index (χ4n) is 1.78. The smallest absolute Gasteiger partial charge is 0.141 e. The highest BCUT2D eigenvalue weighted by atomic mass is 16.5. The normalized spacial score (nSPS) is 10.6. The van der Waals surface area contributed by atoms with Gasteiger partial charge in [-0.3, -0.25) is 0 Å². The van der Waals surface area contributed by atoms with Crippen molar-refractivity contribution in [3.63, 3.8) is 0 Å². The number of hydrogen-bond acceptors (Lipinski definition) is 3. The summed E-state index contributed by atoms with van der Waals surface area (Å²) in [6.45, 7) is 5.91. The zero-order chi connectivity index (χ0) is 11.0. The van der Waals surface area contributed by atoms with Crippen molar-refractivity contribution in [2.45, 2.75) is 20.8 Å². The largest absolute Gasteiger partial charge is 0.399 e. The molecule has 0 aliphatic carbocycles. The molecule has 1 aromatic carbocycles. The number of aryl methyl sites for hydroxylation is 3. The topological polar surface area (TPSA) is 52.0 Å². The SMILES string of the molecule is Cc1ccc(N)cc1-c1c(C)noc1C. The molecule has 0 aliphatic heterocycles. The predicted octanol–water partition coefficient (Wildman–Crippen LogP) is 2.85. The van der Waals surface area contributed by atoms with Crippen LogP contribution in [0.4, 0.5) is 5.69 Å². The van der Waals surface area contributed by atoms with E-state index in [1.165, 1.54) is 5.56 Å². The quantitative estimate of drug-likeness (QED) is 0.723. The van der Waals surface area contributed by atoms with Crippen LogP contribution < -0.4 is 5.73 Å². The fraction of sp³-hybridized carbons (Fsp3) is 0.250. The van der Waals surface area contributed by atoms with Crippen LogP contribution in [0, 0.1) is 20.8 Å². The molecule has 1 heterocycles. The Morgan fingerprint density at radius 1 is 1.20 bits per heavy atom. The molecular weight excluding hydrogens is 188 g/mol. The maximum Gasteiger partial charge on any atom is 0.141 e. The average molecular weight is 202 g/mol. The van der Waals surface area contributed by atoms with Crippen LogP contribution in [0.15, 0.2) is 22.7 Å². The number of rotatable bonds is 1. The van der Waals surface area contributed by atoms with Gasteiger partial charge in [-0.1, -0.05) is 11.2 Å². The Labute approximate surface area is 88.9 Å². The van der Waals surface area contributed by atoms with E-state index in [1.54, 1.807) is 0 Å². The second-order valence-corrected chi connectivity index (χ2v) is 3.77. The van der Waals surface area contributed by atoms with Crippen molar-refractivity contribution in [3.05, 3.63) is 35.2 Å². The van der Waals surface area contributed by atoms with Crippen molar-refractivity contribution < 1.29 is 4.52 Å². The highest BCUT2D eigenvalue weighted by Crippen LogP contribution is 2.30. The van der Waals surface area contributed by atoms with Crippen molar-refractivity contribution in [1.82, 2.24) is 5.16 Å². The zero-order valence-corrected chi connectivity index (χ0v) is 9.16. The van der Waals surface area contributed by atoms with Gasteiger partial charge in [0.1, 0.15) is 5.76 Å². The van der Waals surface area contributed by atoms with E-state index in [1.807, 2.05) is 32.0 Å². The van der Waals surface area contributed by atoms with E-state index in [-0.39, 0.29) is 0 Å². The maximum atomic E-state index is 5.78. The molecule has 1 aromatic heterocycles. The number of nitrogens with zero attached hydrogens (tertiary/aromatic N) is 1. The van der Waals surface area contributed by atoms with Crippen LogP contribution in [-0.2, 0) is 0 Å². The van der Waals surface area contributed by atoms with Crippen LogP contribution in [0.3, 0.4) is 0 Å². The molecule has 78 valence electrons. The van der Waals surface area contributed by atoms with E-state index in [0.717, 1.165) is 28.3 Å². The molecule has 2 N–H and O–H groups in total. The molecule has 3 heteroatoms. The number of benzene rings is 1. The summed E-state index contributed by atoms with van der Waals surface area (Å²) >= 11 is 0. The van der Waals surface area contributed by atoms with Crippen molar-refractivity contribution >= 4 is 5.69 Å². The second-order valence-electron chi connectivity index (χ2n) is 3.77. The molecule has 3 nitrogen and oxygen atoms in total. The van der Waals surface area contributed by atoms with Crippen molar-refractivity contribution in [2.24, 2.45) is 0 Å². The van der Waals surface area contributed by atoms with Gasteiger partial charge in [-0.25, -0.2) is 0 Å². The first-order chi connectivity index (χ1) is 7.09. The van der Waals surface area contributed by atoms with Crippen molar-refractivity contribution in [1.29, 1.82) is 0 Å². The minimum atomic E-state index is 0.760. The molecule has 0 fully saturated rings. The highest BCUT2D eigenvalue weighted by molar-refractivity contribution is 5.73. The molecule has 0 aliphatic rings. The Kier molecular flexibility index (Phi) is 2.23. The van der Waals surface area contributed by atoms with Crippen LogP contribution in [0.1, 0.15) is 17.0 Å². The molecule has 0 spiro atoms. The molecule has 0 amide bonds. The number of anilines is 1. The van der Waals surface area contributed by atoms with Gasteiger partial charge in [-0.15, -0.1) is 0 Å². The standard InChI is InChI=1S/C12H14N2O/c1-7-4-5-10(13)6-11(7)12-8(2)14-15-9(12)3/h4-6H,13H2,1-3H3. The lowest BCUT2D eigenvalue weighted by Gasteiger charge is -2.06. The van der Waals surface area contributed by atoms with Crippen LogP contribution in [0.2, 0.25) is 0 Å². The number of nitrogen functional groups attached to an aromatic ring is 1. The van der Waals surface area contributed by atoms with Gasteiger partial charge in [0.05, 0.1) is 5.69 Å². The Morgan fingerprint density at radius 3 is 2.53 bits per heavy atom. The zero-order valence-electron chi connectivity index (χ0n) is 9.16. The van der Waals surface area contributed by atoms with E-state index in [0.29, 0.717) is 0 Å². The number of nitrogens with two attached hydrogens (primary N) is 1. The van der Waals surface area contributed by atoms with Gasteiger partial charge in [0, 0.05) is 11.3 Å². The van der Waals surface area contributed by atoms with Crippen molar-refractivity contribution in [3.8, 4) is 11.1 Å². The molecule has 0 saturated heterocycles. The summed E-state index contributed by atoms with van der Waals surface area (Å²) in [6.07, 6.45) is 0. The van der Waals surface area contributed by atoms with Gasteiger partial charge >= 0.3 is 0 Å². The predicted molar refractivity (Wildman–Crippen MR) is 60.6 cm³/mol. The third kappa shape index (κ3) is 1.61. The van der Waals surface area contributed by atoms with E-state index >= 15 is 0 Å². The van der Waals surface area contributed by atoms with Gasteiger partial charge in [-0.2, -0.15) is 0 Å². The molecule has 2 aromatic rings. The van der Waals surface area contributed by atoms with Gasteiger partial charge in [0.15, 0.2) is 0 Å². The summed E-state index contributed by atoms with van der Waals surface area (Å²) < 4.78 is 5.15. The van der Waals surface area contributed by atoms with Gasteiger partial charge in [0.2, 0.25) is 0 Å². The Morgan fingerprint density at radius 2 is 1.93 bits per heavy atom. The first-order valence-electron chi connectivity index (χ1n) is 4.89. The fourth-order valence-corrected chi connectivity index (χ4v) is 1.78. The second kappa shape index (κ2) is 3.42. The molecule has 0 saturated carbocycles. The lowest BCUT2D eigenvalue weighted by Crippen LogP contribution is -1.90. The molecule has 0 radical (unpaired) electrons. The average Bonchev–Trinajstić information content (AvgIpc) is 2.51. The summed E-state index contributed by atoms with van der Waals surface area (Å²) in [6, 6.07) is 5.87. The monoisotopic (exact) mass is 202 g/mol. The van der Waals surface area contributed by atoms with E-state index < -0.39 is 0 Å². The highest BCUT2D eigenvalue weighted by Gasteiger charge is 2.13. The lowest BCUT2D eigenvalue weighted by molar-refractivity contribution is 0.393. The van der Waals surface area contributed by atoms with Crippen LogP contribution in [0.25, 0.3) is 11.1 Å². The van der Waals surface area contributed by atoms with E-state index in [4.69, 9.17) is 10.3 Å². The first-order valence-corrected chi connectivity index (χ1v) is 4.89. The molecular formula is C12H14N2O. The molecule has 0 bridgehead atoms. The Balaban J connectivity index is 2.68. The van der Waals surface area contributed by atoms with Crippen LogP contribution >= 0.6 is 0 Å². The molecule has 0 atom stereocenters. The minimum Gasteiger partial charge on any atom is -0.399 e. The Hall–Kier alpha value is -1.77. The number of hydrogen-bond donors (Lipinski definition) is 1. The third-order valence-corrected chi connectivity index (χ3v) is 2.56.